The minimum absolute atomic E-state index is 0.138. The van der Waals surface area contributed by atoms with Gasteiger partial charge in [-0.3, -0.25) is 0 Å². The summed E-state index contributed by atoms with van der Waals surface area (Å²) >= 11 is 0. The monoisotopic (exact) mass is 264 g/mol. The van der Waals surface area contributed by atoms with E-state index in [2.05, 4.69) is 24.5 Å². The molecule has 0 fully saturated rings. The average Bonchev–Trinajstić information content (AvgIpc) is 2.37. The van der Waals surface area contributed by atoms with Crippen LogP contribution in [0, 0.1) is 5.92 Å². The Morgan fingerprint density at radius 2 is 1.95 bits per heavy atom. The third-order valence-electron chi connectivity index (χ3n) is 3.09. The predicted molar refractivity (Wildman–Crippen MR) is 78.2 cm³/mol. The molecule has 0 aliphatic rings. The number of urea groups is 1. The molecular formula is C15H24N2O2. The molecule has 0 aromatic heterocycles. The largest absolute Gasteiger partial charge is 0.377 e. The molecule has 0 heterocycles. The van der Waals surface area contributed by atoms with Crippen LogP contribution >= 0.6 is 0 Å². The molecular weight excluding hydrogens is 240 g/mol. The Morgan fingerprint density at radius 3 is 2.58 bits per heavy atom. The minimum atomic E-state index is -0.176. The summed E-state index contributed by atoms with van der Waals surface area (Å²) in [5.74, 6) is 0.407. The van der Waals surface area contributed by atoms with Crippen molar-refractivity contribution in [3.63, 3.8) is 0 Å². The maximum absolute atomic E-state index is 11.9. The molecule has 1 aromatic carbocycles. The number of carbonyl (C=O) groups is 1. The van der Waals surface area contributed by atoms with Gasteiger partial charge in [0.15, 0.2) is 0 Å². The predicted octanol–water partition coefficient (Wildman–Crippen LogP) is 3.39. The average molecular weight is 264 g/mol. The lowest BCUT2D eigenvalue weighted by Gasteiger charge is -2.18. The molecule has 19 heavy (non-hydrogen) atoms. The standard InChI is InChI=1S/C15H24N2O2/c1-5-19-10-13-8-6-7-9-14(13)17-15(18)16-12(4)11(2)3/h6-9,11-12H,5,10H2,1-4H3,(H2,16,17,18). The van der Waals surface area contributed by atoms with Gasteiger partial charge in [0.05, 0.1) is 6.61 Å². The van der Waals surface area contributed by atoms with Crippen LogP contribution in [0.15, 0.2) is 24.3 Å². The first-order valence-electron chi connectivity index (χ1n) is 6.77. The second-order valence-electron chi connectivity index (χ2n) is 4.93. The van der Waals surface area contributed by atoms with Crippen molar-refractivity contribution in [1.82, 2.24) is 5.32 Å². The Balaban J connectivity index is 2.63. The van der Waals surface area contributed by atoms with Gasteiger partial charge in [-0.05, 0) is 25.8 Å². The Bertz CT molecular complexity index is 405. The van der Waals surface area contributed by atoms with E-state index < -0.39 is 0 Å². The number of hydrogen-bond acceptors (Lipinski definition) is 2. The summed E-state index contributed by atoms with van der Waals surface area (Å²) in [6.45, 7) is 9.27. The van der Waals surface area contributed by atoms with Gasteiger partial charge in [-0.25, -0.2) is 4.79 Å². The first-order chi connectivity index (χ1) is 9.04. The van der Waals surface area contributed by atoms with Gasteiger partial charge in [0, 0.05) is 23.9 Å². The molecule has 0 spiro atoms. The highest BCUT2D eigenvalue weighted by Crippen LogP contribution is 2.16. The SMILES string of the molecule is CCOCc1ccccc1NC(=O)NC(C)C(C)C. The molecule has 1 unspecified atom stereocenters. The van der Waals surface area contributed by atoms with E-state index in [0.29, 0.717) is 19.1 Å². The summed E-state index contributed by atoms with van der Waals surface area (Å²) in [6, 6.07) is 7.64. The maximum Gasteiger partial charge on any atom is 0.319 e. The number of para-hydroxylation sites is 1. The lowest BCUT2D eigenvalue weighted by molar-refractivity contribution is 0.134. The maximum atomic E-state index is 11.9. The fraction of sp³-hybridized carbons (Fsp3) is 0.533. The molecule has 4 nitrogen and oxygen atoms in total. The highest BCUT2D eigenvalue weighted by molar-refractivity contribution is 5.90. The van der Waals surface area contributed by atoms with Gasteiger partial charge >= 0.3 is 6.03 Å². The van der Waals surface area contributed by atoms with Crippen molar-refractivity contribution >= 4 is 11.7 Å². The molecule has 4 heteroatoms. The third kappa shape index (κ3) is 5.30. The molecule has 0 saturated carbocycles. The van der Waals surface area contributed by atoms with Gasteiger partial charge in [0.25, 0.3) is 0 Å². The van der Waals surface area contributed by atoms with Crippen molar-refractivity contribution in [2.24, 2.45) is 5.92 Å². The van der Waals surface area contributed by atoms with E-state index in [9.17, 15) is 4.79 Å². The zero-order valence-corrected chi connectivity index (χ0v) is 12.2. The van der Waals surface area contributed by atoms with Crippen molar-refractivity contribution in [2.45, 2.75) is 40.3 Å². The van der Waals surface area contributed by atoms with Crippen LogP contribution in [0.3, 0.4) is 0 Å². The Kier molecular flexibility index (Phi) is 6.36. The van der Waals surface area contributed by atoms with Crippen LogP contribution in [0.4, 0.5) is 10.5 Å². The molecule has 2 N–H and O–H groups in total. The Labute approximate surface area is 115 Å². The van der Waals surface area contributed by atoms with Gasteiger partial charge in [0.1, 0.15) is 0 Å². The molecule has 0 saturated heterocycles. The lowest BCUT2D eigenvalue weighted by atomic mass is 10.1. The van der Waals surface area contributed by atoms with Crippen molar-refractivity contribution < 1.29 is 9.53 Å². The number of hydrogen-bond donors (Lipinski definition) is 2. The molecule has 1 rings (SSSR count). The van der Waals surface area contributed by atoms with E-state index >= 15 is 0 Å². The number of ether oxygens (including phenoxy) is 1. The summed E-state index contributed by atoms with van der Waals surface area (Å²) in [5.41, 5.74) is 1.78. The summed E-state index contributed by atoms with van der Waals surface area (Å²) < 4.78 is 5.39. The molecule has 2 amide bonds. The highest BCUT2D eigenvalue weighted by atomic mass is 16.5. The Hall–Kier alpha value is -1.55. The third-order valence-corrected chi connectivity index (χ3v) is 3.09. The van der Waals surface area contributed by atoms with Crippen molar-refractivity contribution in [1.29, 1.82) is 0 Å². The van der Waals surface area contributed by atoms with E-state index in [1.165, 1.54) is 0 Å². The summed E-state index contributed by atoms with van der Waals surface area (Å²) in [4.78, 5) is 11.9. The van der Waals surface area contributed by atoms with Crippen molar-refractivity contribution in [2.75, 3.05) is 11.9 Å². The topological polar surface area (TPSA) is 50.4 Å². The first kappa shape index (κ1) is 15.5. The molecule has 0 radical (unpaired) electrons. The normalized spacial score (nSPS) is 12.3. The van der Waals surface area contributed by atoms with E-state index in [1.807, 2.05) is 38.1 Å². The molecule has 0 aliphatic carbocycles. The minimum Gasteiger partial charge on any atom is -0.377 e. The fourth-order valence-electron chi connectivity index (χ4n) is 1.51. The quantitative estimate of drug-likeness (QED) is 0.827. The van der Waals surface area contributed by atoms with E-state index in [0.717, 1.165) is 11.3 Å². The second-order valence-corrected chi connectivity index (χ2v) is 4.93. The van der Waals surface area contributed by atoms with Crippen LogP contribution in [0.2, 0.25) is 0 Å². The zero-order chi connectivity index (χ0) is 14.3. The van der Waals surface area contributed by atoms with E-state index in [4.69, 9.17) is 4.74 Å². The van der Waals surface area contributed by atoms with Gasteiger partial charge < -0.3 is 15.4 Å². The molecule has 106 valence electrons. The summed E-state index contributed by atoms with van der Waals surface area (Å²) in [6.07, 6.45) is 0. The van der Waals surface area contributed by atoms with Crippen LogP contribution in [-0.2, 0) is 11.3 Å². The van der Waals surface area contributed by atoms with Crippen LogP contribution in [0.5, 0.6) is 0 Å². The van der Waals surface area contributed by atoms with Gasteiger partial charge in [-0.1, -0.05) is 32.0 Å². The van der Waals surface area contributed by atoms with E-state index in [-0.39, 0.29) is 12.1 Å². The van der Waals surface area contributed by atoms with Crippen molar-refractivity contribution in [3.05, 3.63) is 29.8 Å². The number of carbonyl (C=O) groups excluding carboxylic acids is 1. The molecule has 1 aromatic rings. The van der Waals surface area contributed by atoms with Crippen LogP contribution in [0.1, 0.15) is 33.3 Å². The second kappa shape index (κ2) is 7.79. The van der Waals surface area contributed by atoms with Crippen molar-refractivity contribution in [3.8, 4) is 0 Å². The smallest absolute Gasteiger partial charge is 0.319 e. The summed E-state index contributed by atoms with van der Waals surface area (Å²) in [7, 11) is 0. The first-order valence-corrected chi connectivity index (χ1v) is 6.77. The van der Waals surface area contributed by atoms with E-state index in [1.54, 1.807) is 0 Å². The number of benzene rings is 1. The number of amides is 2. The molecule has 0 bridgehead atoms. The fourth-order valence-corrected chi connectivity index (χ4v) is 1.51. The van der Waals surface area contributed by atoms with Crippen LogP contribution in [-0.4, -0.2) is 18.7 Å². The lowest BCUT2D eigenvalue weighted by Crippen LogP contribution is -2.39. The van der Waals surface area contributed by atoms with Gasteiger partial charge in [-0.2, -0.15) is 0 Å². The Morgan fingerprint density at radius 1 is 1.26 bits per heavy atom. The van der Waals surface area contributed by atoms with Gasteiger partial charge in [0.2, 0.25) is 0 Å². The number of rotatable bonds is 6. The van der Waals surface area contributed by atoms with Crippen LogP contribution < -0.4 is 10.6 Å². The summed E-state index contributed by atoms with van der Waals surface area (Å²) in [5, 5.41) is 5.80. The zero-order valence-electron chi connectivity index (χ0n) is 12.2. The molecule has 0 aliphatic heterocycles. The van der Waals surface area contributed by atoms with Gasteiger partial charge in [-0.15, -0.1) is 0 Å². The number of anilines is 1. The highest BCUT2D eigenvalue weighted by Gasteiger charge is 2.11. The number of nitrogens with one attached hydrogen (secondary N) is 2. The van der Waals surface area contributed by atoms with Crippen LogP contribution in [0.25, 0.3) is 0 Å². The molecule has 1 atom stereocenters.